The molecule has 1 unspecified atom stereocenters. The second-order valence-electron chi connectivity index (χ2n) is 5.93. The van der Waals surface area contributed by atoms with E-state index in [-0.39, 0.29) is 5.56 Å². The lowest BCUT2D eigenvalue weighted by Gasteiger charge is -2.27. The normalized spacial score (nSPS) is 16.3. The highest BCUT2D eigenvalue weighted by Crippen LogP contribution is 2.18. The number of H-pyrrole nitrogens is 1. The zero-order chi connectivity index (χ0) is 17.4. The largest absolute Gasteiger partial charge is 0.463 e. The van der Waals surface area contributed by atoms with Crippen LogP contribution >= 0.6 is 11.6 Å². The maximum Gasteiger partial charge on any atom is 0.334 e. The third-order valence-electron chi connectivity index (χ3n) is 4.23. The van der Waals surface area contributed by atoms with Gasteiger partial charge in [0, 0.05) is 5.02 Å². The molecule has 3 heterocycles. The monoisotopic (exact) mass is 359 g/mol. The highest BCUT2D eigenvalue weighted by molar-refractivity contribution is 6.30. The molecule has 0 saturated heterocycles. The molecule has 7 nitrogen and oxygen atoms in total. The first-order valence-corrected chi connectivity index (χ1v) is 8.23. The van der Waals surface area contributed by atoms with Crippen LogP contribution in [0.2, 0.25) is 5.02 Å². The van der Waals surface area contributed by atoms with E-state index in [4.69, 9.17) is 16.0 Å². The van der Waals surface area contributed by atoms with Crippen molar-refractivity contribution >= 4 is 17.4 Å². The van der Waals surface area contributed by atoms with Gasteiger partial charge in [-0.05, 0) is 36.4 Å². The quantitative estimate of drug-likeness (QED) is 0.644. The van der Waals surface area contributed by atoms with Gasteiger partial charge in [-0.3, -0.25) is 9.78 Å². The summed E-state index contributed by atoms with van der Waals surface area (Å²) in [5.41, 5.74) is 0.341. The Bertz CT molecular complexity index is 1010. The van der Waals surface area contributed by atoms with Crippen molar-refractivity contribution in [2.75, 3.05) is 12.0 Å². The molecule has 1 aliphatic rings. The van der Waals surface area contributed by atoms with Gasteiger partial charge in [0.1, 0.15) is 24.5 Å². The van der Waals surface area contributed by atoms with Crippen LogP contribution in [0, 0.1) is 0 Å². The van der Waals surface area contributed by atoms with Crippen LogP contribution in [-0.2, 0) is 13.1 Å². The Balaban J connectivity index is 1.74. The van der Waals surface area contributed by atoms with Crippen LogP contribution < -0.4 is 21.5 Å². The van der Waals surface area contributed by atoms with E-state index >= 15 is 0 Å². The minimum Gasteiger partial charge on any atom is -0.463 e. The average molecular weight is 360 g/mol. The molecule has 0 saturated carbocycles. The number of nitrogens with zero attached hydrogens (tertiary/aromatic N) is 1. The maximum atomic E-state index is 12.3. The van der Waals surface area contributed by atoms with Crippen molar-refractivity contribution in [3.8, 4) is 5.69 Å². The van der Waals surface area contributed by atoms with Gasteiger partial charge in [-0.15, -0.1) is 0 Å². The number of furan rings is 1. The minimum atomic E-state index is -0.479. The lowest BCUT2D eigenvalue weighted by molar-refractivity contribution is -0.926. The molecule has 2 aromatic heterocycles. The molecule has 4 rings (SSSR count). The molecule has 1 aromatic carbocycles. The van der Waals surface area contributed by atoms with E-state index in [0.717, 1.165) is 10.7 Å². The van der Waals surface area contributed by atoms with Crippen LogP contribution in [0.4, 0.5) is 5.82 Å². The Kier molecular flexibility index (Phi) is 3.95. The Morgan fingerprint density at radius 3 is 2.72 bits per heavy atom. The van der Waals surface area contributed by atoms with Crippen molar-refractivity contribution in [2.24, 2.45) is 0 Å². The van der Waals surface area contributed by atoms with Crippen LogP contribution in [0.1, 0.15) is 11.3 Å². The van der Waals surface area contributed by atoms with E-state index in [0.29, 0.717) is 41.8 Å². The predicted octanol–water partition coefficient (Wildman–Crippen LogP) is 0.740. The molecule has 3 aromatic rings. The lowest BCUT2D eigenvalue weighted by Crippen LogP contribution is -3.11. The summed E-state index contributed by atoms with van der Waals surface area (Å²) in [4.78, 5) is 28.2. The molecule has 0 fully saturated rings. The van der Waals surface area contributed by atoms with E-state index in [9.17, 15) is 9.59 Å². The zero-order valence-electron chi connectivity index (χ0n) is 13.2. The summed E-state index contributed by atoms with van der Waals surface area (Å²) in [6.45, 7) is 1.72. The van der Waals surface area contributed by atoms with Gasteiger partial charge in [0.15, 0.2) is 12.4 Å². The molecule has 8 heteroatoms. The second kappa shape index (κ2) is 6.27. The third-order valence-corrected chi connectivity index (χ3v) is 4.48. The molecule has 1 atom stereocenters. The minimum absolute atomic E-state index is 0.366. The molecular weight excluding hydrogens is 344 g/mol. The molecule has 128 valence electrons. The molecule has 25 heavy (non-hydrogen) atoms. The molecule has 0 aliphatic carbocycles. The molecule has 0 bridgehead atoms. The van der Waals surface area contributed by atoms with E-state index in [1.165, 1.54) is 4.57 Å². The number of quaternary nitrogens is 1. The van der Waals surface area contributed by atoms with Gasteiger partial charge in [0.05, 0.1) is 12.0 Å². The van der Waals surface area contributed by atoms with Crippen molar-refractivity contribution in [1.82, 2.24) is 9.55 Å². The standard InChI is InChI=1S/C17H15ClN4O3/c18-11-3-5-12(6-4-11)22-15-14(16(23)20-17(22)24)9-21(10-19-15)8-13-2-1-7-25-13/h1-7,19H,8-10H2,(H,20,23,24)/p+1. The number of aromatic nitrogens is 2. The molecule has 0 radical (unpaired) electrons. The topological polar surface area (TPSA) is 84.5 Å². The van der Waals surface area contributed by atoms with Crippen molar-refractivity contribution < 1.29 is 9.32 Å². The fourth-order valence-corrected chi connectivity index (χ4v) is 3.19. The highest BCUT2D eigenvalue weighted by atomic mass is 35.5. The number of halogens is 1. The molecule has 0 amide bonds. The number of nitrogens with one attached hydrogen (secondary N) is 3. The Hall–Kier alpha value is -2.77. The number of anilines is 1. The first-order valence-electron chi connectivity index (χ1n) is 7.86. The van der Waals surface area contributed by atoms with E-state index in [1.54, 1.807) is 30.5 Å². The molecule has 1 aliphatic heterocycles. The highest BCUT2D eigenvalue weighted by Gasteiger charge is 2.26. The van der Waals surface area contributed by atoms with Gasteiger partial charge in [-0.1, -0.05) is 11.6 Å². The number of aromatic amines is 1. The predicted molar refractivity (Wildman–Crippen MR) is 93.2 cm³/mol. The van der Waals surface area contributed by atoms with E-state index in [1.807, 2.05) is 12.1 Å². The summed E-state index contributed by atoms with van der Waals surface area (Å²) < 4.78 is 6.84. The summed E-state index contributed by atoms with van der Waals surface area (Å²) in [6.07, 6.45) is 1.63. The van der Waals surface area contributed by atoms with Crippen molar-refractivity contribution in [3.05, 3.63) is 79.8 Å². The van der Waals surface area contributed by atoms with E-state index < -0.39 is 5.69 Å². The summed E-state index contributed by atoms with van der Waals surface area (Å²) in [6, 6.07) is 10.6. The Morgan fingerprint density at radius 1 is 1.20 bits per heavy atom. The van der Waals surface area contributed by atoms with E-state index in [2.05, 4.69) is 10.3 Å². The molecule has 3 N–H and O–H groups in total. The summed E-state index contributed by atoms with van der Waals surface area (Å²) in [5, 5.41) is 3.80. The van der Waals surface area contributed by atoms with Gasteiger partial charge in [0.25, 0.3) is 5.56 Å². The third kappa shape index (κ3) is 2.99. The van der Waals surface area contributed by atoms with Gasteiger partial charge < -0.3 is 14.6 Å². The fraction of sp³-hybridized carbons (Fsp3) is 0.176. The van der Waals surface area contributed by atoms with Crippen molar-refractivity contribution in [1.29, 1.82) is 0 Å². The Morgan fingerprint density at radius 2 is 2.00 bits per heavy atom. The van der Waals surface area contributed by atoms with Gasteiger partial charge in [0.2, 0.25) is 0 Å². The van der Waals surface area contributed by atoms with Gasteiger partial charge in [-0.25, -0.2) is 9.36 Å². The fourth-order valence-electron chi connectivity index (χ4n) is 3.06. The first kappa shape index (κ1) is 15.7. The smallest absolute Gasteiger partial charge is 0.334 e. The average Bonchev–Trinajstić information content (AvgIpc) is 3.10. The number of hydrogen-bond donors (Lipinski definition) is 3. The number of fused-ring (bicyclic) bond motifs is 1. The van der Waals surface area contributed by atoms with Crippen LogP contribution in [-0.4, -0.2) is 16.2 Å². The molecule has 0 spiro atoms. The lowest BCUT2D eigenvalue weighted by atomic mass is 10.2. The van der Waals surface area contributed by atoms with Crippen molar-refractivity contribution in [2.45, 2.75) is 13.1 Å². The number of hydrogen-bond acceptors (Lipinski definition) is 4. The van der Waals surface area contributed by atoms with Crippen LogP contribution in [0.15, 0.2) is 56.7 Å². The van der Waals surface area contributed by atoms with Crippen LogP contribution in [0.3, 0.4) is 0 Å². The SMILES string of the molecule is O=c1[nH]c(=O)n(-c2ccc(Cl)cc2)c2c1C[NH+](Cc1ccco1)CN2. The van der Waals surface area contributed by atoms with Gasteiger partial charge >= 0.3 is 5.69 Å². The van der Waals surface area contributed by atoms with Crippen LogP contribution in [0.5, 0.6) is 0 Å². The summed E-state index contributed by atoms with van der Waals surface area (Å²) in [5.74, 6) is 1.38. The summed E-state index contributed by atoms with van der Waals surface area (Å²) in [7, 11) is 0. The van der Waals surface area contributed by atoms with Crippen LogP contribution in [0.25, 0.3) is 5.69 Å². The Labute approximate surface area is 147 Å². The zero-order valence-corrected chi connectivity index (χ0v) is 14.0. The first-order chi connectivity index (χ1) is 12.1. The number of rotatable bonds is 3. The second-order valence-corrected chi connectivity index (χ2v) is 6.37. The van der Waals surface area contributed by atoms with Gasteiger partial charge in [-0.2, -0.15) is 0 Å². The molecular formula is C17H16ClN4O3+. The number of benzene rings is 1. The maximum absolute atomic E-state index is 12.3. The summed E-state index contributed by atoms with van der Waals surface area (Å²) >= 11 is 5.92. The van der Waals surface area contributed by atoms with Crippen molar-refractivity contribution in [3.63, 3.8) is 0 Å².